The van der Waals surface area contributed by atoms with Gasteiger partial charge in [-0.25, -0.2) is 8.99 Å². The van der Waals surface area contributed by atoms with E-state index in [9.17, 15) is 9.00 Å². The summed E-state index contributed by atoms with van der Waals surface area (Å²) in [7, 11) is -1.16. The van der Waals surface area contributed by atoms with Crippen LogP contribution in [-0.2, 0) is 16.8 Å². The lowest BCUT2D eigenvalue weighted by Crippen LogP contribution is -2.28. The summed E-state index contributed by atoms with van der Waals surface area (Å²) in [4.78, 5) is 16.1. The molecule has 0 bridgehead atoms. The van der Waals surface area contributed by atoms with E-state index in [1.807, 2.05) is 18.2 Å². The van der Waals surface area contributed by atoms with Crippen molar-refractivity contribution < 1.29 is 8.95 Å². The van der Waals surface area contributed by atoms with Gasteiger partial charge in [-0.2, -0.15) is 0 Å². The van der Waals surface area contributed by atoms with E-state index in [1.165, 1.54) is 0 Å². The molecule has 3 aromatic rings. The molecule has 31 heavy (non-hydrogen) atoms. The first kappa shape index (κ1) is 21.7. The topological polar surface area (TPSA) is 87.9 Å². The van der Waals surface area contributed by atoms with E-state index in [1.54, 1.807) is 37.0 Å². The highest BCUT2D eigenvalue weighted by Gasteiger charge is 2.28. The standard InChI is InChI=1S/C24H31N3O3S/c1-5-31(25,29)17-6-7-21(30-16-8-11-24(2,3)12-9-16)19(14-17)20-15-27(4)23(28)22-18(20)10-13-26-22/h6-7,10,13-16,25-26H,5,8-9,11-12H2,1-4H3. The number of aromatic amines is 1. The lowest BCUT2D eigenvalue weighted by molar-refractivity contribution is 0.0992. The van der Waals surface area contributed by atoms with E-state index in [4.69, 9.17) is 9.52 Å². The van der Waals surface area contributed by atoms with Gasteiger partial charge >= 0.3 is 0 Å². The minimum Gasteiger partial charge on any atom is -0.490 e. The number of pyridine rings is 1. The third kappa shape index (κ3) is 4.15. The predicted molar refractivity (Wildman–Crippen MR) is 125 cm³/mol. The SMILES string of the molecule is CCS(=N)(=O)c1ccc(OC2CCC(C)(C)CC2)c(-c2cn(C)c(=O)c3[nH]ccc23)c1. The van der Waals surface area contributed by atoms with Crippen molar-refractivity contribution in [3.8, 4) is 16.9 Å². The zero-order chi connectivity index (χ0) is 22.4. The first-order valence-corrected chi connectivity index (χ1v) is 12.6. The highest BCUT2D eigenvalue weighted by Crippen LogP contribution is 2.40. The molecule has 0 radical (unpaired) electrons. The van der Waals surface area contributed by atoms with Crippen molar-refractivity contribution in [1.29, 1.82) is 4.78 Å². The summed E-state index contributed by atoms with van der Waals surface area (Å²) in [5, 5.41) is 0.794. The molecule has 1 atom stereocenters. The van der Waals surface area contributed by atoms with Crippen LogP contribution in [0.3, 0.4) is 0 Å². The lowest BCUT2D eigenvalue weighted by atomic mass is 9.76. The summed E-state index contributed by atoms with van der Waals surface area (Å²) in [5.74, 6) is 0.956. The molecule has 0 aliphatic heterocycles. The molecule has 4 rings (SSSR count). The van der Waals surface area contributed by atoms with E-state index in [0.29, 0.717) is 21.6 Å². The molecular formula is C24H31N3O3S. The van der Waals surface area contributed by atoms with Crippen LogP contribution in [0, 0.1) is 10.2 Å². The normalized spacial score (nSPS) is 18.7. The highest BCUT2D eigenvalue weighted by molar-refractivity contribution is 7.92. The Labute approximate surface area is 183 Å². The highest BCUT2D eigenvalue weighted by atomic mass is 32.2. The molecular weight excluding hydrogens is 410 g/mol. The van der Waals surface area contributed by atoms with Gasteiger partial charge in [0.1, 0.15) is 11.3 Å². The van der Waals surface area contributed by atoms with Crippen LogP contribution in [0.25, 0.3) is 22.0 Å². The van der Waals surface area contributed by atoms with E-state index in [0.717, 1.165) is 42.2 Å². The number of hydrogen-bond acceptors (Lipinski definition) is 4. The van der Waals surface area contributed by atoms with Gasteiger partial charge in [-0.15, -0.1) is 0 Å². The fraction of sp³-hybridized carbons (Fsp3) is 0.458. The maximum absolute atomic E-state index is 12.8. The number of benzene rings is 1. The average Bonchev–Trinajstić information content (AvgIpc) is 3.23. The molecule has 2 heterocycles. The molecule has 2 N–H and O–H groups in total. The monoisotopic (exact) mass is 441 g/mol. The number of rotatable bonds is 5. The average molecular weight is 442 g/mol. The van der Waals surface area contributed by atoms with E-state index < -0.39 is 9.73 Å². The molecule has 7 heteroatoms. The molecule has 1 aliphatic rings. The van der Waals surface area contributed by atoms with Crippen LogP contribution < -0.4 is 10.3 Å². The molecule has 1 aromatic carbocycles. The minimum absolute atomic E-state index is 0.102. The van der Waals surface area contributed by atoms with Crippen LogP contribution in [0.15, 0.2) is 46.3 Å². The minimum atomic E-state index is -2.88. The van der Waals surface area contributed by atoms with Gasteiger partial charge in [0.15, 0.2) is 0 Å². The summed E-state index contributed by atoms with van der Waals surface area (Å²) in [6, 6.07) is 7.29. The number of ether oxygens (including phenoxy) is 1. The van der Waals surface area contributed by atoms with Crippen molar-refractivity contribution in [2.24, 2.45) is 12.5 Å². The van der Waals surface area contributed by atoms with Crippen molar-refractivity contribution in [2.75, 3.05) is 5.75 Å². The molecule has 0 spiro atoms. The van der Waals surface area contributed by atoms with Gasteiger partial charge in [0.05, 0.1) is 15.8 Å². The lowest BCUT2D eigenvalue weighted by Gasteiger charge is -2.34. The van der Waals surface area contributed by atoms with Crippen molar-refractivity contribution in [3.63, 3.8) is 0 Å². The Hall–Kier alpha value is -2.54. The Kier molecular flexibility index (Phi) is 5.50. The second kappa shape index (κ2) is 7.86. The molecule has 6 nitrogen and oxygen atoms in total. The fourth-order valence-electron chi connectivity index (χ4n) is 4.35. The number of fused-ring (bicyclic) bond motifs is 1. The van der Waals surface area contributed by atoms with Gasteiger partial charge in [-0.3, -0.25) is 4.79 Å². The molecule has 1 saturated carbocycles. The number of nitrogens with zero attached hydrogens (tertiary/aromatic N) is 1. The van der Waals surface area contributed by atoms with Crippen LogP contribution in [0.5, 0.6) is 5.75 Å². The molecule has 166 valence electrons. The van der Waals surface area contributed by atoms with Gasteiger partial charge in [0.25, 0.3) is 5.56 Å². The van der Waals surface area contributed by atoms with Crippen molar-refractivity contribution in [2.45, 2.75) is 57.5 Å². The van der Waals surface area contributed by atoms with Crippen molar-refractivity contribution in [3.05, 3.63) is 47.0 Å². The molecule has 2 aromatic heterocycles. The summed E-state index contributed by atoms with van der Waals surface area (Å²) >= 11 is 0. The maximum atomic E-state index is 12.8. The van der Waals surface area contributed by atoms with Crippen LogP contribution in [0.2, 0.25) is 0 Å². The smallest absolute Gasteiger partial charge is 0.274 e. The molecule has 1 fully saturated rings. The number of hydrogen-bond donors (Lipinski definition) is 2. The van der Waals surface area contributed by atoms with Crippen LogP contribution in [-0.4, -0.2) is 25.6 Å². The van der Waals surface area contributed by atoms with Gasteiger partial charge < -0.3 is 14.3 Å². The Bertz CT molecular complexity index is 1280. The fourth-order valence-corrected chi connectivity index (χ4v) is 5.28. The van der Waals surface area contributed by atoms with Gasteiger partial charge in [0, 0.05) is 46.6 Å². The van der Waals surface area contributed by atoms with Crippen LogP contribution in [0.4, 0.5) is 0 Å². The quantitative estimate of drug-likeness (QED) is 0.563. The zero-order valence-electron chi connectivity index (χ0n) is 18.7. The third-order valence-corrected chi connectivity index (χ3v) is 8.33. The van der Waals surface area contributed by atoms with Crippen LogP contribution >= 0.6 is 0 Å². The van der Waals surface area contributed by atoms with E-state index >= 15 is 0 Å². The molecule has 1 aliphatic carbocycles. The molecule has 0 saturated heterocycles. The van der Waals surface area contributed by atoms with E-state index in [-0.39, 0.29) is 17.4 Å². The first-order valence-electron chi connectivity index (χ1n) is 10.9. The van der Waals surface area contributed by atoms with Gasteiger partial charge in [0.2, 0.25) is 0 Å². The van der Waals surface area contributed by atoms with Gasteiger partial charge in [-0.05, 0) is 55.4 Å². The Balaban J connectivity index is 1.85. The second-order valence-electron chi connectivity index (χ2n) is 9.33. The number of aromatic nitrogens is 2. The van der Waals surface area contributed by atoms with Crippen molar-refractivity contribution in [1.82, 2.24) is 9.55 Å². The Morgan fingerprint density at radius 1 is 1.23 bits per heavy atom. The maximum Gasteiger partial charge on any atom is 0.274 e. The summed E-state index contributed by atoms with van der Waals surface area (Å²) in [6.07, 6.45) is 7.89. The summed E-state index contributed by atoms with van der Waals surface area (Å²) in [6.45, 7) is 6.36. The Morgan fingerprint density at radius 3 is 2.61 bits per heavy atom. The van der Waals surface area contributed by atoms with Gasteiger partial charge in [-0.1, -0.05) is 20.8 Å². The zero-order valence-corrected chi connectivity index (χ0v) is 19.5. The number of aryl methyl sites for hydroxylation is 1. The Morgan fingerprint density at radius 2 is 1.94 bits per heavy atom. The van der Waals surface area contributed by atoms with E-state index in [2.05, 4.69) is 18.8 Å². The van der Waals surface area contributed by atoms with Crippen LogP contribution in [0.1, 0.15) is 46.5 Å². The molecule has 0 amide bonds. The number of H-pyrrole nitrogens is 1. The summed E-state index contributed by atoms with van der Waals surface area (Å²) < 4.78 is 29.1. The predicted octanol–water partition coefficient (Wildman–Crippen LogP) is 5.31. The first-order chi connectivity index (χ1) is 14.6. The largest absolute Gasteiger partial charge is 0.490 e. The van der Waals surface area contributed by atoms with Crippen molar-refractivity contribution >= 4 is 20.6 Å². The third-order valence-electron chi connectivity index (χ3n) is 6.50. The molecule has 1 unspecified atom stereocenters. The second-order valence-corrected chi connectivity index (χ2v) is 11.7. The summed E-state index contributed by atoms with van der Waals surface area (Å²) in [5.41, 5.74) is 2.38. The number of nitrogens with one attached hydrogen (secondary N) is 2.